The highest BCUT2D eigenvalue weighted by molar-refractivity contribution is 7.80. The quantitative estimate of drug-likeness (QED) is 0.373. The van der Waals surface area contributed by atoms with Crippen LogP contribution in [0.4, 0.5) is 13.2 Å². The Kier molecular flexibility index (Phi) is 6.58. The Balaban J connectivity index is 1.72. The smallest absolute Gasteiger partial charge is 0.358 e. The van der Waals surface area contributed by atoms with Gasteiger partial charge in [-0.1, -0.05) is 61.4 Å². The number of hydrogen-bond donors (Lipinski definition) is 2. The van der Waals surface area contributed by atoms with Crippen LogP contribution in [0.1, 0.15) is 37.3 Å². The third-order valence-electron chi connectivity index (χ3n) is 6.41. The van der Waals surface area contributed by atoms with Crippen molar-refractivity contribution >= 4 is 38.9 Å². The van der Waals surface area contributed by atoms with E-state index >= 15 is 0 Å². The minimum atomic E-state index is -4.52. The second-order valence-corrected chi connectivity index (χ2v) is 9.16. The summed E-state index contributed by atoms with van der Waals surface area (Å²) in [6.45, 7) is 0. The highest BCUT2D eigenvalue weighted by Gasteiger charge is 2.43. The first-order valence-corrected chi connectivity index (χ1v) is 11.4. The van der Waals surface area contributed by atoms with Crippen LogP contribution in [-0.4, -0.2) is 42.4 Å². The van der Waals surface area contributed by atoms with E-state index in [1.807, 2.05) is 44.4 Å². The Hall–Kier alpha value is -2.38. The number of benzene rings is 3. The van der Waals surface area contributed by atoms with Crippen molar-refractivity contribution in [2.24, 2.45) is 0 Å². The van der Waals surface area contributed by atoms with Crippen molar-refractivity contribution in [3.05, 3.63) is 60.2 Å². The molecule has 170 valence electrons. The lowest BCUT2D eigenvalue weighted by Crippen LogP contribution is -2.54. The Morgan fingerprint density at radius 1 is 0.969 bits per heavy atom. The first-order valence-electron chi connectivity index (χ1n) is 11.0. The fraction of sp³-hybridized carbons (Fsp3) is 0.400. The molecule has 0 bridgehead atoms. The van der Waals surface area contributed by atoms with Crippen molar-refractivity contribution in [3.63, 3.8) is 0 Å². The zero-order valence-electron chi connectivity index (χ0n) is 18.2. The molecule has 3 atom stereocenters. The van der Waals surface area contributed by atoms with Gasteiger partial charge < -0.3 is 15.5 Å². The van der Waals surface area contributed by atoms with Gasteiger partial charge in [0, 0.05) is 12.1 Å². The van der Waals surface area contributed by atoms with E-state index in [9.17, 15) is 13.2 Å². The highest BCUT2D eigenvalue weighted by atomic mass is 32.1. The standard InChI is InChI=1S/C25H28F3N3S/c1-31(2)21-14-8-7-13-20(21)29-24(32)30-23(25(26,27)28)22-18-11-5-3-9-16(18)15-17-10-4-6-12-19(17)22/h3-6,9-12,15,20-21,23H,7-8,13-14H2,1-2H3,(H2,29,30,32)/t20-,21-,23+/m1/s1. The molecule has 1 saturated carbocycles. The van der Waals surface area contributed by atoms with E-state index in [0.29, 0.717) is 10.8 Å². The summed E-state index contributed by atoms with van der Waals surface area (Å²) in [5, 5.41) is 8.58. The molecule has 7 heteroatoms. The Labute approximate surface area is 192 Å². The third kappa shape index (κ3) is 4.69. The first-order chi connectivity index (χ1) is 15.3. The second kappa shape index (κ2) is 9.24. The van der Waals surface area contributed by atoms with Crippen LogP contribution in [0.25, 0.3) is 21.5 Å². The number of rotatable bonds is 4. The number of fused-ring (bicyclic) bond motifs is 2. The van der Waals surface area contributed by atoms with Gasteiger partial charge in [0.15, 0.2) is 11.2 Å². The first kappa shape index (κ1) is 22.8. The van der Waals surface area contributed by atoms with Crippen molar-refractivity contribution in [3.8, 4) is 0 Å². The monoisotopic (exact) mass is 459 g/mol. The van der Waals surface area contributed by atoms with Crippen LogP contribution in [0.15, 0.2) is 54.6 Å². The largest absolute Gasteiger partial charge is 0.412 e. The van der Waals surface area contributed by atoms with Gasteiger partial charge in [0.1, 0.15) is 0 Å². The number of hydrogen-bond acceptors (Lipinski definition) is 2. The maximum atomic E-state index is 14.4. The molecule has 1 aliphatic rings. The molecule has 3 aromatic carbocycles. The summed E-state index contributed by atoms with van der Waals surface area (Å²) in [5.74, 6) is 0. The Morgan fingerprint density at radius 2 is 1.53 bits per heavy atom. The van der Waals surface area contributed by atoms with E-state index in [1.54, 1.807) is 24.3 Å². The molecule has 0 saturated heterocycles. The minimum Gasteiger partial charge on any atom is -0.358 e. The van der Waals surface area contributed by atoms with Gasteiger partial charge in [-0.2, -0.15) is 13.2 Å². The molecule has 0 aromatic heterocycles. The summed E-state index contributed by atoms with van der Waals surface area (Å²) in [6, 6.07) is 14.7. The maximum absolute atomic E-state index is 14.4. The van der Waals surface area contributed by atoms with Crippen LogP contribution in [0.5, 0.6) is 0 Å². The zero-order valence-corrected chi connectivity index (χ0v) is 19.1. The van der Waals surface area contributed by atoms with Gasteiger partial charge in [0.25, 0.3) is 0 Å². The summed E-state index contributed by atoms with van der Waals surface area (Å²) in [5.41, 5.74) is 0.211. The van der Waals surface area contributed by atoms with Crippen LogP contribution in [-0.2, 0) is 0 Å². The van der Waals surface area contributed by atoms with Crippen molar-refractivity contribution < 1.29 is 13.2 Å². The highest BCUT2D eigenvalue weighted by Crippen LogP contribution is 2.40. The molecular weight excluding hydrogens is 431 g/mol. The molecule has 1 fully saturated rings. The topological polar surface area (TPSA) is 27.3 Å². The third-order valence-corrected chi connectivity index (χ3v) is 6.65. The summed E-state index contributed by atoms with van der Waals surface area (Å²) in [4.78, 5) is 2.12. The fourth-order valence-corrected chi connectivity index (χ4v) is 5.19. The second-order valence-electron chi connectivity index (χ2n) is 8.75. The lowest BCUT2D eigenvalue weighted by atomic mass is 9.89. The number of nitrogens with one attached hydrogen (secondary N) is 2. The van der Waals surface area contributed by atoms with E-state index in [1.165, 1.54) is 0 Å². The average Bonchev–Trinajstić information content (AvgIpc) is 2.75. The lowest BCUT2D eigenvalue weighted by molar-refractivity contribution is -0.153. The normalized spacial score (nSPS) is 20.4. The summed E-state index contributed by atoms with van der Waals surface area (Å²) in [6.07, 6.45) is -0.468. The van der Waals surface area contributed by atoms with Crippen LogP contribution in [0.3, 0.4) is 0 Å². The molecule has 0 unspecified atom stereocenters. The molecule has 4 rings (SSSR count). The van der Waals surface area contributed by atoms with Crippen LogP contribution in [0.2, 0.25) is 0 Å². The SMILES string of the molecule is CN(C)[C@@H]1CCCC[C@H]1NC(=S)N[C@@H](c1c2ccccc2cc2ccccc12)C(F)(F)F. The lowest BCUT2D eigenvalue weighted by Gasteiger charge is -2.37. The van der Waals surface area contributed by atoms with E-state index in [0.717, 1.165) is 36.5 Å². The summed E-state index contributed by atoms with van der Waals surface area (Å²) >= 11 is 5.42. The fourth-order valence-electron chi connectivity index (χ4n) is 4.92. The van der Waals surface area contributed by atoms with Crippen molar-refractivity contribution in [1.82, 2.24) is 15.5 Å². The van der Waals surface area contributed by atoms with Crippen molar-refractivity contribution in [2.45, 2.75) is 50.0 Å². The van der Waals surface area contributed by atoms with Crippen molar-refractivity contribution in [2.75, 3.05) is 14.1 Å². The molecule has 3 aromatic rings. The maximum Gasteiger partial charge on any atom is 0.412 e. The Bertz CT molecular complexity index is 1060. The molecule has 0 spiro atoms. The number of alkyl halides is 3. The van der Waals surface area contributed by atoms with E-state index in [-0.39, 0.29) is 22.8 Å². The molecule has 32 heavy (non-hydrogen) atoms. The number of likely N-dealkylation sites (N-methyl/N-ethyl adjacent to an activating group) is 1. The predicted octanol–water partition coefficient (Wildman–Crippen LogP) is 5.93. The molecule has 1 aliphatic carbocycles. The molecule has 2 N–H and O–H groups in total. The molecular formula is C25H28F3N3S. The van der Waals surface area contributed by atoms with Gasteiger partial charge in [-0.25, -0.2) is 0 Å². The number of halogens is 3. The zero-order chi connectivity index (χ0) is 22.9. The van der Waals surface area contributed by atoms with Gasteiger partial charge >= 0.3 is 6.18 Å². The summed E-state index contributed by atoms with van der Waals surface area (Å²) < 4.78 is 43.3. The van der Waals surface area contributed by atoms with Crippen LogP contribution < -0.4 is 10.6 Å². The van der Waals surface area contributed by atoms with E-state index in [2.05, 4.69) is 15.5 Å². The molecule has 0 heterocycles. The number of thiocarbonyl (C=S) groups is 1. The van der Waals surface area contributed by atoms with Gasteiger partial charge in [-0.05, 0) is 72.3 Å². The number of nitrogens with zero attached hydrogens (tertiary/aromatic N) is 1. The molecule has 3 nitrogen and oxygen atoms in total. The molecule has 0 radical (unpaired) electrons. The van der Waals surface area contributed by atoms with Gasteiger partial charge in [-0.3, -0.25) is 0 Å². The van der Waals surface area contributed by atoms with Gasteiger partial charge in [0.05, 0.1) is 0 Å². The molecule has 0 aliphatic heterocycles. The minimum absolute atomic E-state index is 0.0249. The van der Waals surface area contributed by atoms with E-state index in [4.69, 9.17) is 12.2 Å². The van der Waals surface area contributed by atoms with Crippen LogP contribution in [0, 0.1) is 0 Å². The predicted molar refractivity (Wildman–Crippen MR) is 129 cm³/mol. The van der Waals surface area contributed by atoms with Gasteiger partial charge in [-0.15, -0.1) is 0 Å². The average molecular weight is 460 g/mol. The van der Waals surface area contributed by atoms with E-state index < -0.39 is 12.2 Å². The van der Waals surface area contributed by atoms with Gasteiger partial charge in [0.2, 0.25) is 0 Å². The Morgan fingerprint density at radius 3 is 2.09 bits per heavy atom. The van der Waals surface area contributed by atoms with Crippen molar-refractivity contribution in [1.29, 1.82) is 0 Å². The summed E-state index contributed by atoms with van der Waals surface area (Å²) in [7, 11) is 4.00. The molecule has 0 amide bonds. The van der Waals surface area contributed by atoms with Crippen LogP contribution >= 0.6 is 12.2 Å².